The van der Waals surface area contributed by atoms with E-state index in [9.17, 15) is 22.8 Å². The molecule has 6 nitrogen and oxygen atoms in total. The van der Waals surface area contributed by atoms with E-state index in [0.29, 0.717) is 24.7 Å². The quantitative estimate of drug-likeness (QED) is 0.806. The zero-order chi connectivity index (χ0) is 19.2. The first-order valence-corrected chi connectivity index (χ1v) is 8.37. The second-order valence-corrected chi connectivity index (χ2v) is 6.17. The van der Waals surface area contributed by atoms with Gasteiger partial charge in [0.2, 0.25) is 5.91 Å². The minimum absolute atomic E-state index is 0.0435. The maximum absolute atomic E-state index is 12.5. The van der Waals surface area contributed by atoms with Crippen molar-refractivity contribution in [1.29, 1.82) is 0 Å². The maximum atomic E-state index is 12.5. The van der Waals surface area contributed by atoms with E-state index in [1.807, 2.05) is 6.07 Å². The lowest BCUT2D eigenvalue weighted by Crippen LogP contribution is -2.49. The van der Waals surface area contributed by atoms with Gasteiger partial charge in [-0.2, -0.15) is 13.2 Å². The third kappa shape index (κ3) is 6.38. The van der Waals surface area contributed by atoms with Gasteiger partial charge in [-0.3, -0.25) is 4.79 Å². The monoisotopic (exact) mass is 393 g/mol. The van der Waals surface area contributed by atoms with Crippen molar-refractivity contribution >= 4 is 23.6 Å². The first-order chi connectivity index (χ1) is 12.3. The summed E-state index contributed by atoms with van der Waals surface area (Å²) in [7, 11) is 0. The summed E-state index contributed by atoms with van der Waals surface area (Å²) >= 11 is 6.01. The van der Waals surface area contributed by atoms with Crippen LogP contribution in [0, 0.1) is 0 Å². The predicted octanol–water partition coefficient (Wildman–Crippen LogP) is 2.49. The standard InChI is InChI=1S/C16H19ClF3N3O3/c17-12-3-1-2-11(8-12)13-9-21-6-7-23(13)14(24)4-5-22-15(25)26-10-16(18,19)20/h1-3,8,13,21H,4-7,9-10H2,(H,22,25). The third-order valence-electron chi connectivity index (χ3n) is 3.77. The molecule has 26 heavy (non-hydrogen) atoms. The number of ether oxygens (including phenoxy) is 1. The molecule has 144 valence electrons. The fraction of sp³-hybridized carbons (Fsp3) is 0.500. The van der Waals surface area contributed by atoms with Crippen LogP contribution in [0.25, 0.3) is 0 Å². The van der Waals surface area contributed by atoms with E-state index < -0.39 is 18.9 Å². The molecule has 2 N–H and O–H groups in total. The second kappa shape index (κ2) is 9.09. The van der Waals surface area contributed by atoms with Crippen molar-refractivity contribution in [2.75, 3.05) is 32.8 Å². The normalized spacial score (nSPS) is 17.7. The predicted molar refractivity (Wildman–Crippen MR) is 88.8 cm³/mol. The number of halogens is 4. The van der Waals surface area contributed by atoms with E-state index in [1.54, 1.807) is 23.1 Å². The van der Waals surface area contributed by atoms with Gasteiger partial charge in [-0.05, 0) is 17.7 Å². The number of benzene rings is 1. The number of hydrogen-bond donors (Lipinski definition) is 2. The SMILES string of the molecule is O=C(NCCC(=O)N1CCNCC1c1cccc(Cl)c1)OCC(F)(F)F. The first-order valence-electron chi connectivity index (χ1n) is 7.99. The highest BCUT2D eigenvalue weighted by Crippen LogP contribution is 2.25. The molecule has 0 spiro atoms. The smallest absolute Gasteiger partial charge is 0.422 e. The molecule has 0 radical (unpaired) electrons. The third-order valence-corrected chi connectivity index (χ3v) is 4.01. The number of carbonyl (C=O) groups excluding carboxylic acids is 2. The Labute approximate surface area is 153 Å². The van der Waals surface area contributed by atoms with Gasteiger partial charge in [0.1, 0.15) is 0 Å². The number of rotatable bonds is 5. The van der Waals surface area contributed by atoms with Crippen molar-refractivity contribution in [2.45, 2.75) is 18.6 Å². The van der Waals surface area contributed by atoms with Crippen LogP contribution in [0.3, 0.4) is 0 Å². The Morgan fingerprint density at radius 2 is 2.15 bits per heavy atom. The van der Waals surface area contributed by atoms with Gasteiger partial charge >= 0.3 is 12.3 Å². The number of carbonyl (C=O) groups is 2. The van der Waals surface area contributed by atoms with Crippen LogP contribution in [0.15, 0.2) is 24.3 Å². The van der Waals surface area contributed by atoms with Gasteiger partial charge in [0.15, 0.2) is 6.61 Å². The number of alkyl halides is 3. The molecule has 2 amide bonds. The fourth-order valence-electron chi connectivity index (χ4n) is 2.63. The van der Waals surface area contributed by atoms with Crippen LogP contribution in [0.2, 0.25) is 5.02 Å². The molecular weight excluding hydrogens is 375 g/mol. The molecule has 1 aromatic carbocycles. The highest BCUT2D eigenvalue weighted by atomic mass is 35.5. The molecule has 1 fully saturated rings. The molecule has 1 aromatic rings. The van der Waals surface area contributed by atoms with Crippen molar-refractivity contribution in [3.63, 3.8) is 0 Å². The van der Waals surface area contributed by atoms with Crippen LogP contribution in [-0.2, 0) is 9.53 Å². The lowest BCUT2D eigenvalue weighted by atomic mass is 10.0. The van der Waals surface area contributed by atoms with Crippen molar-refractivity contribution in [3.05, 3.63) is 34.9 Å². The van der Waals surface area contributed by atoms with E-state index in [4.69, 9.17) is 11.6 Å². The Hall–Kier alpha value is -2.00. The highest BCUT2D eigenvalue weighted by molar-refractivity contribution is 6.30. The van der Waals surface area contributed by atoms with Crippen LogP contribution in [0.1, 0.15) is 18.0 Å². The minimum atomic E-state index is -4.59. The van der Waals surface area contributed by atoms with E-state index in [-0.39, 0.29) is 24.9 Å². The molecular formula is C16H19ClF3N3O3. The Balaban J connectivity index is 1.85. The fourth-order valence-corrected chi connectivity index (χ4v) is 2.83. The molecule has 1 unspecified atom stereocenters. The van der Waals surface area contributed by atoms with Gasteiger partial charge in [-0.25, -0.2) is 4.79 Å². The molecule has 1 aliphatic rings. The number of hydrogen-bond acceptors (Lipinski definition) is 4. The Bertz CT molecular complexity index is 643. The topological polar surface area (TPSA) is 70.7 Å². The number of piperazine rings is 1. The molecule has 1 aliphatic heterocycles. The van der Waals surface area contributed by atoms with Crippen molar-refractivity contribution in [3.8, 4) is 0 Å². The maximum Gasteiger partial charge on any atom is 0.422 e. The largest absolute Gasteiger partial charge is 0.440 e. The molecule has 10 heteroatoms. The second-order valence-electron chi connectivity index (χ2n) is 5.73. The van der Waals surface area contributed by atoms with Crippen LogP contribution in [0.5, 0.6) is 0 Å². The summed E-state index contributed by atoms with van der Waals surface area (Å²) in [5.41, 5.74) is 0.885. The Morgan fingerprint density at radius 1 is 1.38 bits per heavy atom. The van der Waals surface area contributed by atoms with Gasteiger partial charge in [-0.15, -0.1) is 0 Å². The van der Waals surface area contributed by atoms with Crippen LogP contribution in [0.4, 0.5) is 18.0 Å². The minimum Gasteiger partial charge on any atom is -0.440 e. The molecule has 1 atom stereocenters. The van der Waals surface area contributed by atoms with Gasteiger partial charge in [0.25, 0.3) is 0 Å². The zero-order valence-corrected chi connectivity index (χ0v) is 14.6. The molecule has 1 saturated heterocycles. The lowest BCUT2D eigenvalue weighted by molar-refractivity contribution is -0.160. The van der Waals surface area contributed by atoms with Crippen LogP contribution >= 0.6 is 11.6 Å². The molecule has 0 saturated carbocycles. The molecule has 0 bridgehead atoms. The summed E-state index contributed by atoms with van der Waals surface area (Å²) in [5.74, 6) is -0.215. The molecule has 0 aromatic heterocycles. The molecule has 0 aliphatic carbocycles. The Morgan fingerprint density at radius 3 is 2.85 bits per heavy atom. The number of alkyl carbamates (subject to hydrolysis) is 1. The van der Waals surface area contributed by atoms with Crippen molar-refractivity contribution in [1.82, 2.24) is 15.5 Å². The first kappa shape index (κ1) is 20.3. The van der Waals surface area contributed by atoms with E-state index >= 15 is 0 Å². The van der Waals surface area contributed by atoms with Crippen LogP contribution in [-0.4, -0.2) is 55.9 Å². The zero-order valence-electron chi connectivity index (χ0n) is 13.8. The summed E-state index contributed by atoms with van der Waals surface area (Å²) in [4.78, 5) is 25.3. The van der Waals surface area contributed by atoms with Gasteiger partial charge in [0.05, 0.1) is 6.04 Å². The van der Waals surface area contributed by atoms with E-state index in [2.05, 4.69) is 15.4 Å². The average molecular weight is 394 g/mol. The Kier molecular flexibility index (Phi) is 7.10. The molecule has 1 heterocycles. The van der Waals surface area contributed by atoms with Crippen LogP contribution < -0.4 is 10.6 Å². The number of nitrogens with one attached hydrogen (secondary N) is 2. The highest BCUT2D eigenvalue weighted by Gasteiger charge is 2.30. The van der Waals surface area contributed by atoms with Crippen molar-refractivity contribution in [2.24, 2.45) is 0 Å². The number of nitrogens with zero attached hydrogens (tertiary/aromatic N) is 1. The van der Waals surface area contributed by atoms with E-state index in [0.717, 1.165) is 5.56 Å². The summed E-state index contributed by atoms with van der Waals surface area (Å²) < 4.78 is 39.9. The van der Waals surface area contributed by atoms with Gasteiger partial charge in [0, 0.05) is 37.6 Å². The summed E-state index contributed by atoms with van der Waals surface area (Å²) in [6.07, 6.45) is -5.84. The van der Waals surface area contributed by atoms with Gasteiger partial charge in [-0.1, -0.05) is 23.7 Å². The van der Waals surface area contributed by atoms with E-state index in [1.165, 1.54) is 0 Å². The van der Waals surface area contributed by atoms with Gasteiger partial charge < -0.3 is 20.3 Å². The summed E-state index contributed by atoms with van der Waals surface area (Å²) in [6, 6.07) is 6.99. The lowest BCUT2D eigenvalue weighted by Gasteiger charge is -2.36. The average Bonchev–Trinajstić information content (AvgIpc) is 2.59. The molecule has 2 rings (SSSR count). The summed E-state index contributed by atoms with van der Waals surface area (Å²) in [6.45, 7) is -0.103. The number of amides is 2. The van der Waals surface area contributed by atoms with Crippen molar-refractivity contribution < 1.29 is 27.5 Å². The summed E-state index contributed by atoms with van der Waals surface area (Å²) in [5, 5.41) is 5.92.